The van der Waals surface area contributed by atoms with E-state index in [4.69, 9.17) is 4.74 Å². The van der Waals surface area contributed by atoms with Crippen LogP contribution >= 0.6 is 0 Å². The van der Waals surface area contributed by atoms with E-state index in [1.807, 2.05) is 37.3 Å². The summed E-state index contributed by atoms with van der Waals surface area (Å²) in [5.41, 5.74) is 1.66. The number of amides is 1. The molecule has 128 valence electrons. The lowest BCUT2D eigenvalue weighted by molar-refractivity contribution is -0.116. The average molecular weight is 336 g/mol. The van der Waals surface area contributed by atoms with Crippen LogP contribution in [0.5, 0.6) is 5.75 Å². The summed E-state index contributed by atoms with van der Waals surface area (Å²) in [5, 5.41) is 3.03. The summed E-state index contributed by atoms with van der Waals surface area (Å²) >= 11 is 0. The molecular weight excluding hydrogens is 316 g/mol. The van der Waals surface area contributed by atoms with Gasteiger partial charge in [-0.2, -0.15) is 0 Å². The Morgan fingerprint density at radius 2 is 1.88 bits per heavy atom. The molecule has 1 N–H and O–H groups in total. The summed E-state index contributed by atoms with van der Waals surface area (Å²) in [6.07, 6.45) is 1.37. The Hall–Kier alpha value is -3.08. The van der Waals surface area contributed by atoms with E-state index in [9.17, 15) is 9.59 Å². The fraction of sp³-hybridized carbons (Fsp3) is 0.200. The number of para-hydroxylation sites is 1. The van der Waals surface area contributed by atoms with Gasteiger partial charge >= 0.3 is 0 Å². The molecule has 1 amide bonds. The van der Waals surface area contributed by atoms with Gasteiger partial charge in [-0.1, -0.05) is 18.2 Å². The second-order valence-corrected chi connectivity index (χ2v) is 5.60. The highest BCUT2D eigenvalue weighted by atomic mass is 16.5. The van der Waals surface area contributed by atoms with Crippen molar-refractivity contribution >= 4 is 17.4 Å². The van der Waals surface area contributed by atoms with Gasteiger partial charge in [-0.3, -0.25) is 9.59 Å². The molecule has 0 aliphatic carbocycles. The predicted molar refractivity (Wildman–Crippen MR) is 96.8 cm³/mol. The number of allylic oxidation sites excluding steroid dienone is 1. The third-order valence-electron chi connectivity index (χ3n) is 3.92. The van der Waals surface area contributed by atoms with E-state index in [0.29, 0.717) is 36.7 Å². The zero-order chi connectivity index (χ0) is 17.6. The minimum absolute atomic E-state index is 0.197. The summed E-state index contributed by atoms with van der Waals surface area (Å²) in [4.78, 5) is 26.8. The van der Waals surface area contributed by atoms with Gasteiger partial charge in [0.15, 0.2) is 5.78 Å². The van der Waals surface area contributed by atoms with Gasteiger partial charge in [0.25, 0.3) is 5.91 Å². The molecule has 1 aliphatic heterocycles. The van der Waals surface area contributed by atoms with Crippen molar-refractivity contribution in [2.45, 2.75) is 6.92 Å². The summed E-state index contributed by atoms with van der Waals surface area (Å²) in [6, 6.07) is 16.4. The monoisotopic (exact) mass is 336 g/mol. The number of hydrogen-bond donors (Lipinski definition) is 1. The molecule has 2 aromatic carbocycles. The number of carbonyl (C=O) groups is 2. The molecular formula is C20H20N2O3. The van der Waals surface area contributed by atoms with Crippen molar-refractivity contribution in [3.63, 3.8) is 0 Å². The molecule has 0 aromatic heterocycles. The number of nitrogens with one attached hydrogen (secondary N) is 1. The number of rotatable bonds is 5. The highest BCUT2D eigenvalue weighted by molar-refractivity contribution is 6.13. The molecule has 5 nitrogen and oxygen atoms in total. The number of carbonyl (C=O) groups excluding carboxylic acids is 2. The SMILES string of the molecule is CCOc1ccc(C(=O)C=C2NCCN(c3ccccc3)C2=O)cc1. The van der Waals surface area contributed by atoms with Crippen LogP contribution in [0.15, 0.2) is 66.4 Å². The van der Waals surface area contributed by atoms with Crippen LogP contribution in [-0.4, -0.2) is 31.4 Å². The van der Waals surface area contributed by atoms with Gasteiger partial charge in [0.2, 0.25) is 0 Å². The standard InChI is InChI=1S/C20H20N2O3/c1-2-25-17-10-8-15(9-11-17)19(23)14-18-20(24)22(13-12-21-18)16-6-4-3-5-7-16/h3-11,14,21H,2,12-13H2,1H3. The minimum atomic E-state index is -0.214. The van der Waals surface area contributed by atoms with Crippen molar-refractivity contribution in [2.75, 3.05) is 24.6 Å². The van der Waals surface area contributed by atoms with Gasteiger partial charge in [0, 0.05) is 30.4 Å². The first kappa shape index (κ1) is 16.8. The van der Waals surface area contributed by atoms with E-state index >= 15 is 0 Å². The number of piperazine rings is 1. The average Bonchev–Trinajstić information content (AvgIpc) is 2.65. The lowest BCUT2D eigenvalue weighted by Gasteiger charge is -2.29. The maximum Gasteiger partial charge on any atom is 0.274 e. The van der Waals surface area contributed by atoms with Crippen molar-refractivity contribution in [2.24, 2.45) is 0 Å². The fourth-order valence-electron chi connectivity index (χ4n) is 2.69. The molecule has 0 radical (unpaired) electrons. The predicted octanol–water partition coefficient (Wildman–Crippen LogP) is 2.79. The molecule has 0 atom stereocenters. The molecule has 1 saturated heterocycles. The van der Waals surface area contributed by atoms with E-state index in [-0.39, 0.29) is 11.7 Å². The first-order valence-electron chi connectivity index (χ1n) is 8.28. The highest BCUT2D eigenvalue weighted by Crippen LogP contribution is 2.18. The summed E-state index contributed by atoms with van der Waals surface area (Å²) < 4.78 is 5.37. The van der Waals surface area contributed by atoms with E-state index in [2.05, 4.69) is 5.32 Å². The van der Waals surface area contributed by atoms with Crippen LogP contribution in [0.4, 0.5) is 5.69 Å². The molecule has 25 heavy (non-hydrogen) atoms. The fourth-order valence-corrected chi connectivity index (χ4v) is 2.69. The number of ether oxygens (including phenoxy) is 1. The summed E-state index contributed by atoms with van der Waals surface area (Å²) in [6.45, 7) is 3.65. The van der Waals surface area contributed by atoms with Crippen LogP contribution in [0.1, 0.15) is 17.3 Å². The third kappa shape index (κ3) is 3.88. The van der Waals surface area contributed by atoms with Crippen molar-refractivity contribution in [3.8, 4) is 5.75 Å². The van der Waals surface area contributed by atoms with E-state index in [1.54, 1.807) is 29.2 Å². The van der Waals surface area contributed by atoms with Crippen LogP contribution in [0, 0.1) is 0 Å². The van der Waals surface area contributed by atoms with Gasteiger partial charge in [-0.05, 0) is 43.3 Å². The Balaban J connectivity index is 1.77. The second kappa shape index (κ2) is 7.66. The first-order chi connectivity index (χ1) is 12.2. The van der Waals surface area contributed by atoms with E-state index in [0.717, 1.165) is 5.69 Å². The molecule has 1 aliphatic rings. The smallest absolute Gasteiger partial charge is 0.274 e. The zero-order valence-corrected chi connectivity index (χ0v) is 14.1. The number of benzene rings is 2. The quantitative estimate of drug-likeness (QED) is 0.674. The zero-order valence-electron chi connectivity index (χ0n) is 14.1. The molecule has 1 heterocycles. The maximum atomic E-state index is 12.7. The Labute approximate surface area is 146 Å². The second-order valence-electron chi connectivity index (χ2n) is 5.60. The van der Waals surface area contributed by atoms with E-state index < -0.39 is 0 Å². The van der Waals surface area contributed by atoms with Crippen molar-refractivity contribution in [3.05, 3.63) is 71.9 Å². The largest absolute Gasteiger partial charge is 0.494 e. The van der Waals surface area contributed by atoms with E-state index in [1.165, 1.54) is 6.08 Å². The maximum absolute atomic E-state index is 12.7. The molecule has 0 spiro atoms. The molecule has 0 saturated carbocycles. The van der Waals surface area contributed by atoms with Crippen molar-refractivity contribution < 1.29 is 14.3 Å². The number of nitrogens with zero attached hydrogens (tertiary/aromatic N) is 1. The Bertz CT molecular complexity index is 782. The first-order valence-corrected chi connectivity index (χ1v) is 8.28. The van der Waals surface area contributed by atoms with Crippen LogP contribution < -0.4 is 15.0 Å². The number of ketones is 1. The molecule has 0 unspecified atom stereocenters. The van der Waals surface area contributed by atoms with Crippen LogP contribution in [-0.2, 0) is 4.79 Å². The van der Waals surface area contributed by atoms with Crippen molar-refractivity contribution in [1.82, 2.24) is 5.32 Å². The molecule has 2 aromatic rings. The van der Waals surface area contributed by atoms with Crippen molar-refractivity contribution in [1.29, 1.82) is 0 Å². The summed E-state index contributed by atoms with van der Waals surface area (Å²) in [7, 11) is 0. The minimum Gasteiger partial charge on any atom is -0.494 e. The highest BCUT2D eigenvalue weighted by Gasteiger charge is 2.24. The Morgan fingerprint density at radius 3 is 2.56 bits per heavy atom. The van der Waals surface area contributed by atoms with Gasteiger partial charge in [-0.25, -0.2) is 0 Å². The molecule has 5 heteroatoms. The molecule has 1 fully saturated rings. The Kier molecular flexibility index (Phi) is 5.14. The number of anilines is 1. The lowest BCUT2D eigenvalue weighted by atomic mass is 10.1. The van der Waals surface area contributed by atoms with Gasteiger partial charge < -0.3 is 15.0 Å². The molecule has 3 rings (SSSR count). The normalized spacial score (nSPS) is 15.8. The van der Waals surface area contributed by atoms with Gasteiger partial charge in [0.05, 0.1) is 6.61 Å². The third-order valence-corrected chi connectivity index (χ3v) is 3.92. The van der Waals surface area contributed by atoms with Crippen LogP contribution in [0.3, 0.4) is 0 Å². The topological polar surface area (TPSA) is 58.6 Å². The summed E-state index contributed by atoms with van der Waals surface area (Å²) in [5.74, 6) is 0.305. The Morgan fingerprint density at radius 1 is 1.16 bits per heavy atom. The van der Waals surface area contributed by atoms with Gasteiger partial charge in [-0.15, -0.1) is 0 Å². The molecule has 0 bridgehead atoms. The van der Waals surface area contributed by atoms with Crippen LogP contribution in [0.2, 0.25) is 0 Å². The number of hydrogen-bond acceptors (Lipinski definition) is 4. The lowest BCUT2D eigenvalue weighted by Crippen LogP contribution is -2.46. The van der Waals surface area contributed by atoms with Gasteiger partial charge in [0.1, 0.15) is 11.4 Å². The van der Waals surface area contributed by atoms with Crippen LogP contribution in [0.25, 0.3) is 0 Å².